The molecule has 0 atom stereocenters. The highest BCUT2D eigenvalue weighted by Gasteiger charge is 2.15. The van der Waals surface area contributed by atoms with Crippen LogP contribution in [0.15, 0.2) is 41.8 Å². The van der Waals surface area contributed by atoms with E-state index in [2.05, 4.69) is 6.58 Å². The maximum absolute atomic E-state index is 10.7. The molecule has 0 heterocycles. The van der Waals surface area contributed by atoms with Gasteiger partial charge in [0.05, 0.1) is 4.90 Å². The minimum Gasteiger partial charge on any atom is -0.399 e. The van der Waals surface area contributed by atoms with Crippen LogP contribution in [-0.2, 0) is 10.0 Å². The van der Waals surface area contributed by atoms with Crippen molar-refractivity contribution in [1.82, 2.24) is 0 Å². The molecule has 0 aliphatic heterocycles. The van der Waals surface area contributed by atoms with Crippen LogP contribution in [0.1, 0.15) is 12.8 Å². The van der Waals surface area contributed by atoms with Gasteiger partial charge in [0.1, 0.15) is 0 Å². The number of hydrogen-bond acceptors (Lipinski definition) is 3. The van der Waals surface area contributed by atoms with Crippen LogP contribution < -0.4 is 10.9 Å². The first-order valence-corrected chi connectivity index (χ1v) is 6.49. The standard InChI is InChI=1S/C6H8N2O2S.C5H8/c7-5-1-3-6(4-2-5)11(8,9)10;1-2-5-3-4-5/h1-4H,7H2,(H2,8,9,10);2,5H,1,3-4H2. The van der Waals surface area contributed by atoms with Crippen molar-refractivity contribution in [2.45, 2.75) is 17.7 Å². The summed E-state index contributed by atoms with van der Waals surface area (Å²) in [6.45, 7) is 3.62. The van der Waals surface area contributed by atoms with Gasteiger partial charge >= 0.3 is 0 Å². The van der Waals surface area contributed by atoms with Gasteiger partial charge in [0.25, 0.3) is 0 Å². The third-order valence-electron chi connectivity index (χ3n) is 2.16. The molecule has 0 amide bonds. The number of nitrogens with two attached hydrogens (primary N) is 2. The molecule has 1 fully saturated rings. The van der Waals surface area contributed by atoms with E-state index in [4.69, 9.17) is 10.9 Å². The van der Waals surface area contributed by atoms with Crippen LogP contribution in [0.4, 0.5) is 5.69 Å². The van der Waals surface area contributed by atoms with E-state index in [9.17, 15) is 8.42 Å². The molecular formula is C11H16N2O2S. The van der Waals surface area contributed by atoms with Crippen LogP contribution >= 0.6 is 0 Å². The van der Waals surface area contributed by atoms with E-state index in [-0.39, 0.29) is 4.90 Å². The Balaban J connectivity index is 0.000000212. The number of nitrogen functional groups attached to an aromatic ring is 1. The molecule has 4 N–H and O–H groups in total. The monoisotopic (exact) mass is 240 g/mol. The molecule has 1 aliphatic carbocycles. The molecule has 88 valence electrons. The molecule has 1 aromatic rings. The molecule has 0 unspecified atom stereocenters. The Bertz CT molecular complexity index is 447. The highest BCUT2D eigenvalue weighted by atomic mass is 32.2. The smallest absolute Gasteiger partial charge is 0.238 e. The largest absolute Gasteiger partial charge is 0.399 e. The lowest BCUT2D eigenvalue weighted by molar-refractivity contribution is 0.598. The van der Waals surface area contributed by atoms with Gasteiger partial charge in [-0.25, -0.2) is 13.6 Å². The topological polar surface area (TPSA) is 86.2 Å². The van der Waals surface area contributed by atoms with Gasteiger partial charge in [-0.1, -0.05) is 6.08 Å². The van der Waals surface area contributed by atoms with Gasteiger partial charge in [-0.2, -0.15) is 0 Å². The van der Waals surface area contributed by atoms with Crippen molar-refractivity contribution in [3.63, 3.8) is 0 Å². The molecule has 0 spiro atoms. The lowest BCUT2D eigenvalue weighted by Crippen LogP contribution is -2.11. The molecule has 1 aliphatic rings. The molecule has 0 radical (unpaired) electrons. The molecule has 0 saturated heterocycles. The van der Waals surface area contributed by atoms with E-state index in [1.807, 2.05) is 6.08 Å². The number of hydrogen-bond donors (Lipinski definition) is 2. The second-order valence-electron chi connectivity index (χ2n) is 3.69. The van der Waals surface area contributed by atoms with Crippen molar-refractivity contribution < 1.29 is 8.42 Å². The first kappa shape index (κ1) is 12.7. The summed E-state index contributed by atoms with van der Waals surface area (Å²) in [5, 5.41) is 4.84. The normalized spacial score (nSPS) is 14.8. The Morgan fingerprint density at radius 1 is 1.25 bits per heavy atom. The van der Waals surface area contributed by atoms with E-state index in [0.29, 0.717) is 5.69 Å². The summed E-state index contributed by atoms with van der Waals surface area (Å²) in [6.07, 6.45) is 4.81. The van der Waals surface area contributed by atoms with Gasteiger partial charge in [0.15, 0.2) is 0 Å². The minimum atomic E-state index is -3.58. The van der Waals surface area contributed by atoms with Crippen LogP contribution in [0.25, 0.3) is 0 Å². The van der Waals surface area contributed by atoms with E-state index in [1.54, 1.807) is 0 Å². The number of anilines is 1. The quantitative estimate of drug-likeness (QED) is 0.606. The van der Waals surface area contributed by atoms with Crippen LogP contribution in [0.3, 0.4) is 0 Å². The van der Waals surface area contributed by atoms with Crippen molar-refractivity contribution in [1.29, 1.82) is 0 Å². The van der Waals surface area contributed by atoms with Crippen molar-refractivity contribution in [2.24, 2.45) is 11.1 Å². The number of benzene rings is 1. The zero-order valence-corrected chi connectivity index (χ0v) is 9.78. The lowest BCUT2D eigenvalue weighted by Gasteiger charge is -1.96. The zero-order chi connectivity index (χ0) is 12.2. The average Bonchev–Trinajstić information content (AvgIpc) is 3.01. The van der Waals surface area contributed by atoms with E-state index in [1.165, 1.54) is 37.1 Å². The average molecular weight is 240 g/mol. The zero-order valence-electron chi connectivity index (χ0n) is 8.96. The van der Waals surface area contributed by atoms with Gasteiger partial charge in [-0.05, 0) is 43.0 Å². The van der Waals surface area contributed by atoms with Crippen LogP contribution in [-0.4, -0.2) is 8.42 Å². The van der Waals surface area contributed by atoms with Gasteiger partial charge < -0.3 is 5.73 Å². The van der Waals surface area contributed by atoms with Gasteiger partial charge in [-0.3, -0.25) is 0 Å². The predicted octanol–water partition coefficient (Wildman–Crippen LogP) is 1.50. The van der Waals surface area contributed by atoms with E-state index < -0.39 is 10.0 Å². The second-order valence-corrected chi connectivity index (χ2v) is 5.25. The Kier molecular flexibility index (Phi) is 4.09. The van der Waals surface area contributed by atoms with E-state index >= 15 is 0 Å². The first-order valence-electron chi connectivity index (χ1n) is 4.94. The second kappa shape index (κ2) is 5.14. The summed E-state index contributed by atoms with van der Waals surface area (Å²) in [4.78, 5) is 0.0756. The number of rotatable bonds is 2. The van der Waals surface area contributed by atoms with Crippen molar-refractivity contribution in [2.75, 3.05) is 5.73 Å². The van der Waals surface area contributed by atoms with Crippen LogP contribution in [0.2, 0.25) is 0 Å². The fourth-order valence-electron chi connectivity index (χ4n) is 0.989. The van der Waals surface area contributed by atoms with Crippen LogP contribution in [0, 0.1) is 5.92 Å². The summed E-state index contributed by atoms with van der Waals surface area (Å²) in [7, 11) is -3.58. The maximum Gasteiger partial charge on any atom is 0.238 e. The molecule has 1 aromatic carbocycles. The fourth-order valence-corrected chi connectivity index (χ4v) is 1.50. The number of sulfonamides is 1. The van der Waals surface area contributed by atoms with Crippen molar-refractivity contribution in [3.05, 3.63) is 36.9 Å². The van der Waals surface area contributed by atoms with Crippen molar-refractivity contribution >= 4 is 15.7 Å². The molecule has 0 bridgehead atoms. The number of allylic oxidation sites excluding steroid dienone is 1. The molecule has 5 heteroatoms. The lowest BCUT2D eigenvalue weighted by atomic mass is 10.3. The Morgan fingerprint density at radius 2 is 1.75 bits per heavy atom. The third kappa shape index (κ3) is 4.46. The molecule has 1 saturated carbocycles. The van der Waals surface area contributed by atoms with E-state index in [0.717, 1.165) is 5.92 Å². The number of primary sulfonamides is 1. The summed E-state index contributed by atoms with van der Waals surface area (Å²) in [5.41, 5.74) is 5.85. The Hall–Kier alpha value is -1.33. The molecular weight excluding hydrogens is 224 g/mol. The third-order valence-corrected chi connectivity index (χ3v) is 3.09. The maximum atomic E-state index is 10.7. The summed E-state index contributed by atoms with van der Waals surface area (Å²) in [5.74, 6) is 0.898. The summed E-state index contributed by atoms with van der Waals surface area (Å²) in [6, 6.07) is 5.70. The summed E-state index contributed by atoms with van der Waals surface area (Å²) >= 11 is 0. The first-order chi connectivity index (χ1) is 7.43. The minimum absolute atomic E-state index is 0.0756. The molecule has 2 rings (SSSR count). The van der Waals surface area contributed by atoms with Crippen molar-refractivity contribution in [3.8, 4) is 0 Å². The highest BCUT2D eigenvalue weighted by molar-refractivity contribution is 7.89. The molecule has 16 heavy (non-hydrogen) atoms. The molecule has 4 nitrogen and oxygen atoms in total. The fraction of sp³-hybridized carbons (Fsp3) is 0.273. The van der Waals surface area contributed by atoms with Gasteiger partial charge in [-0.15, -0.1) is 6.58 Å². The Labute approximate surface area is 96.0 Å². The van der Waals surface area contributed by atoms with Gasteiger partial charge in [0.2, 0.25) is 10.0 Å². The predicted molar refractivity (Wildman–Crippen MR) is 65.1 cm³/mol. The van der Waals surface area contributed by atoms with Crippen LogP contribution in [0.5, 0.6) is 0 Å². The molecule has 0 aromatic heterocycles. The van der Waals surface area contributed by atoms with Gasteiger partial charge in [0, 0.05) is 5.69 Å². The SMILES string of the molecule is C=CC1CC1.Nc1ccc(S(N)(=O)=O)cc1. The Morgan fingerprint density at radius 3 is 2.00 bits per heavy atom. The summed E-state index contributed by atoms with van der Waals surface area (Å²) < 4.78 is 21.4. The highest BCUT2D eigenvalue weighted by Crippen LogP contribution is 2.28.